The van der Waals surface area contributed by atoms with Crippen molar-refractivity contribution in [2.75, 3.05) is 19.6 Å². The first-order chi connectivity index (χ1) is 9.63. The van der Waals surface area contributed by atoms with Crippen molar-refractivity contribution in [3.05, 3.63) is 22.4 Å². The predicted molar refractivity (Wildman–Crippen MR) is 102 cm³/mol. The molecule has 1 aliphatic rings. The van der Waals surface area contributed by atoms with Gasteiger partial charge in [-0.2, -0.15) is 0 Å². The van der Waals surface area contributed by atoms with Gasteiger partial charge < -0.3 is 11.1 Å². The van der Waals surface area contributed by atoms with Gasteiger partial charge in [-0.25, -0.2) is 0 Å². The number of piperidine rings is 1. The van der Waals surface area contributed by atoms with Crippen molar-refractivity contribution in [3.63, 3.8) is 0 Å². The number of thiophene rings is 1. The van der Waals surface area contributed by atoms with E-state index < -0.39 is 0 Å². The molecule has 1 aliphatic heterocycles. The molecule has 1 unspecified atom stereocenters. The highest BCUT2D eigenvalue weighted by Gasteiger charge is 2.19. The van der Waals surface area contributed by atoms with E-state index in [1.54, 1.807) is 0 Å². The third-order valence-corrected chi connectivity index (χ3v) is 4.38. The monoisotopic (exact) mass is 422 g/mol. The molecule has 0 radical (unpaired) electrons. The molecule has 1 aromatic heterocycles. The Bertz CT molecular complexity index is 419. The number of nitrogens with two attached hydrogens (primary N) is 1. The molecule has 1 saturated heterocycles. The fourth-order valence-electron chi connectivity index (χ4n) is 2.64. The second kappa shape index (κ2) is 9.63. The highest BCUT2D eigenvalue weighted by Crippen LogP contribution is 2.20. The summed E-state index contributed by atoms with van der Waals surface area (Å²) in [6.07, 6.45) is 2.53. The van der Waals surface area contributed by atoms with Crippen molar-refractivity contribution in [1.82, 2.24) is 10.2 Å². The number of nitrogens with one attached hydrogen (secondary N) is 1. The molecule has 1 fully saturated rings. The number of hydrogen-bond donors (Lipinski definition) is 2. The lowest BCUT2D eigenvalue weighted by Gasteiger charge is -2.31. The van der Waals surface area contributed by atoms with E-state index in [0.717, 1.165) is 19.6 Å². The van der Waals surface area contributed by atoms with E-state index in [1.165, 1.54) is 24.3 Å². The molecule has 6 heteroatoms. The molecule has 1 atom stereocenters. The van der Waals surface area contributed by atoms with Gasteiger partial charge in [0, 0.05) is 30.6 Å². The van der Waals surface area contributed by atoms with E-state index in [-0.39, 0.29) is 24.0 Å². The van der Waals surface area contributed by atoms with Crippen LogP contribution in [0.4, 0.5) is 0 Å². The average molecular weight is 422 g/mol. The van der Waals surface area contributed by atoms with Gasteiger partial charge in [0.05, 0.1) is 0 Å². The maximum atomic E-state index is 5.86. The van der Waals surface area contributed by atoms with Crippen LogP contribution in [0.2, 0.25) is 0 Å². The Morgan fingerprint density at radius 1 is 1.57 bits per heavy atom. The normalized spacial score (nSPS) is 20.3. The lowest BCUT2D eigenvalue weighted by Crippen LogP contribution is -2.39. The Hall–Kier alpha value is -0.340. The second-order valence-electron chi connectivity index (χ2n) is 5.85. The summed E-state index contributed by atoms with van der Waals surface area (Å²) in [5.74, 6) is 1.21. The summed E-state index contributed by atoms with van der Waals surface area (Å²) in [5.41, 5.74) is 5.86. The lowest BCUT2D eigenvalue weighted by molar-refractivity contribution is 0.172. The summed E-state index contributed by atoms with van der Waals surface area (Å²) in [6, 6.07) is 4.70. The number of hydrogen-bond acceptors (Lipinski definition) is 3. The zero-order valence-corrected chi connectivity index (χ0v) is 16.1. The van der Waals surface area contributed by atoms with E-state index in [0.29, 0.717) is 17.9 Å². The van der Waals surface area contributed by atoms with Crippen LogP contribution in [-0.4, -0.2) is 36.5 Å². The number of guanidine groups is 1. The van der Waals surface area contributed by atoms with E-state index in [9.17, 15) is 0 Å². The minimum Gasteiger partial charge on any atom is -0.370 e. The molecule has 3 N–H and O–H groups in total. The molecule has 0 aliphatic carbocycles. The van der Waals surface area contributed by atoms with Crippen LogP contribution in [0, 0.1) is 5.92 Å². The molecule has 2 rings (SSSR count). The second-order valence-corrected chi connectivity index (χ2v) is 6.88. The van der Waals surface area contributed by atoms with Gasteiger partial charge >= 0.3 is 0 Å². The van der Waals surface area contributed by atoms with Gasteiger partial charge in [-0.15, -0.1) is 35.3 Å². The zero-order chi connectivity index (χ0) is 14.4. The van der Waals surface area contributed by atoms with E-state index in [2.05, 4.69) is 46.6 Å². The standard InChI is InChI=1S/C15H26N4S.HI/c1-12(2)18-15(16)17-9-13-5-3-7-19(10-13)11-14-6-4-8-20-14;/h4,6,8,12-13H,3,5,7,9-11H2,1-2H3,(H3,16,17,18);1H. The van der Waals surface area contributed by atoms with Gasteiger partial charge in [-0.3, -0.25) is 9.89 Å². The van der Waals surface area contributed by atoms with Crippen LogP contribution < -0.4 is 11.1 Å². The average Bonchev–Trinajstić information content (AvgIpc) is 2.89. The van der Waals surface area contributed by atoms with Crippen LogP contribution in [0.3, 0.4) is 0 Å². The molecule has 0 bridgehead atoms. The Morgan fingerprint density at radius 3 is 3.05 bits per heavy atom. The van der Waals surface area contributed by atoms with Crippen molar-refractivity contribution in [2.24, 2.45) is 16.6 Å². The third-order valence-electron chi connectivity index (χ3n) is 3.52. The minimum atomic E-state index is 0. The Morgan fingerprint density at radius 2 is 2.38 bits per heavy atom. The number of nitrogens with zero attached hydrogens (tertiary/aromatic N) is 2. The maximum Gasteiger partial charge on any atom is 0.188 e. The van der Waals surface area contributed by atoms with Gasteiger partial charge in [-0.1, -0.05) is 6.07 Å². The molecular formula is C15H27IN4S. The van der Waals surface area contributed by atoms with Gasteiger partial charge in [0.2, 0.25) is 0 Å². The quantitative estimate of drug-likeness (QED) is 0.436. The van der Waals surface area contributed by atoms with Gasteiger partial charge in [0.15, 0.2) is 5.96 Å². The van der Waals surface area contributed by atoms with Crippen molar-refractivity contribution in [3.8, 4) is 0 Å². The Kier molecular flexibility index (Phi) is 8.58. The fourth-order valence-corrected chi connectivity index (χ4v) is 3.38. The SMILES string of the molecule is CC(C)NC(N)=NCC1CCCN(Cc2cccs2)C1.I. The van der Waals surface area contributed by atoms with Crippen molar-refractivity contribution < 1.29 is 0 Å². The van der Waals surface area contributed by atoms with Gasteiger partial charge in [-0.05, 0) is 50.6 Å². The fraction of sp³-hybridized carbons (Fsp3) is 0.667. The molecule has 21 heavy (non-hydrogen) atoms. The molecule has 4 nitrogen and oxygen atoms in total. The van der Waals surface area contributed by atoms with E-state index >= 15 is 0 Å². The predicted octanol–water partition coefficient (Wildman–Crippen LogP) is 2.89. The van der Waals surface area contributed by atoms with Crippen LogP contribution in [0.1, 0.15) is 31.6 Å². The highest BCUT2D eigenvalue weighted by atomic mass is 127. The molecule has 0 saturated carbocycles. The molecular weight excluding hydrogens is 395 g/mol. The maximum absolute atomic E-state index is 5.86. The van der Waals surface area contributed by atoms with Crippen LogP contribution in [0.5, 0.6) is 0 Å². The molecule has 0 aromatic carbocycles. The highest BCUT2D eigenvalue weighted by molar-refractivity contribution is 14.0. The minimum absolute atomic E-state index is 0. The number of rotatable bonds is 5. The zero-order valence-electron chi connectivity index (χ0n) is 12.9. The molecule has 0 spiro atoms. The molecule has 120 valence electrons. The van der Waals surface area contributed by atoms with E-state index in [4.69, 9.17) is 5.73 Å². The Labute approximate surface area is 149 Å². The van der Waals surface area contributed by atoms with Crippen LogP contribution in [-0.2, 0) is 6.54 Å². The topological polar surface area (TPSA) is 53.6 Å². The summed E-state index contributed by atoms with van der Waals surface area (Å²) >= 11 is 1.84. The first-order valence-electron chi connectivity index (χ1n) is 7.44. The summed E-state index contributed by atoms with van der Waals surface area (Å²) in [5, 5.41) is 5.30. The van der Waals surface area contributed by atoms with Crippen LogP contribution >= 0.6 is 35.3 Å². The van der Waals surface area contributed by atoms with E-state index in [1.807, 2.05) is 11.3 Å². The van der Waals surface area contributed by atoms with Crippen LogP contribution in [0.15, 0.2) is 22.5 Å². The third kappa shape index (κ3) is 6.97. The van der Waals surface area contributed by atoms with Crippen molar-refractivity contribution in [2.45, 2.75) is 39.3 Å². The molecule has 0 amide bonds. The molecule has 2 heterocycles. The number of likely N-dealkylation sites (tertiary alicyclic amines) is 1. The first kappa shape index (κ1) is 18.7. The van der Waals surface area contributed by atoms with Crippen LogP contribution in [0.25, 0.3) is 0 Å². The summed E-state index contributed by atoms with van der Waals surface area (Å²) < 4.78 is 0. The summed E-state index contributed by atoms with van der Waals surface area (Å²) in [4.78, 5) is 8.48. The smallest absolute Gasteiger partial charge is 0.188 e. The van der Waals surface area contributed by atoms with Crippen molar-refractivity contribution >= 4 is 41.3 Å². The Balaban J connectivity index is 0.00000220. The number of halogens is 1. The van der Waals surface area contributed by atoms with Gasteiger partial charge in [0.25, 0.3) is 0 Å². The number of aliphatic imine (C=N–C) groups is 1. The summed E-state index contributed by atoms with van der Waals surface area (Å²) in [7, 11) is 0. The lowest BCUT2D eigenvalue weighted by atomic mass is 9.98. The van der Waals surface area contributed by atoms with Gasteiger partial charge in [0.1, 0.15) is 0 Å². The largest absolute Gasteiger partial charge is 0.370 e. The summed E-state index contributed by atoms with van der Waals surface area (Å²) in [6.45, 7) is 8.41. The first-order valence-corrected chi connectivity index (χ1v) is 8.32. The molecule has 1 aromatic rings. The van der Waals surface area contributed by atoms with Crippen molar-refractivity contribution in [1.29, 1.82) is 0 Å².